The average molecular weight is 429 g/mol. The summed E-state index contributed by atoms with van der Waals surface area (Å²) in [5.41, 5.74) is 4.44. The van der Waals surface area contributed by atoms with E-state index in [-0.39, 0.29) is 0 Å². The average Bonchev–Trinajstić information content (AvgIpc) is 3.40. The third-order valence-electron chi connectivity index (χ3n) is 4.22. The predicted octanol–water partition coefficient (Wildman–Crippen LogP) is 6.35. The topological polar surface area (TPSA) is 64.7 Å². The summed E-state index contributed by atoms with van der Waals surface area (Å²) in [6.07, 6.45) is 0. The highest BCUT2D eigenvalue weighted by Crippen LogP contribution is 2.32. The number of aromatic nitrogens is 4. The Morgan fingerprint density at radius 1 is 1.07 bits per heavy atom. The summed E-state index contributed by atoms with van der Waals surface area (Å²) in [6, 6.07) is 8.65. The zero-order chi connectivity index (χ0) is 19.7. The maximum atomic E-state index is 5.80. The van der Waals surface area contributed by atoms with Gasteiger partial charge in [0.05, 0.1) is 16.4 Å². The Labute approximate surface area is 176 Å². The monoisotopic (exact) mass is 428 g/mol. The minimum atomic E-state index is 0.536. The van der Waals surface area contributed by atoms with E-state index in [1.165, 1.54) is 17.3 Å². The summed E-state index contributed by atoms with van der Waals surface area (Å²) in [5, 5.41) is 13.0. The number of aryl methyl sites for hydroxylation is 2. The third-order valence-corrected chi connectivity index (χ3v) is 7.08. The molecular formula is C20H20N4OS3. The van der Waals surface area contributed by atoms with Crippen molar-refractivity contribution in [2.75, 3.05) is 0 Å². The maximum absolute atomic E-state index is 5.80. The van der Waals surface area contributed by atoms with Crippen LogP contribution in [0.15, 0.2) is 39.3 Å². The molecule has 0 fully saturated rings. The normalized spacial score (nSPS) is 11.5. The molecule has 1 aromatic carbocycles. The molecule has 28 heavy (non-hydrogen) atoms. The van der Waals surface area contributed by atoms with Crippen molar-refractivity contribution in [2.24, 2.45) is 0 Å². The number of thiazole rings is 2. The maximum Gasteiger partial charge on any atom is 0.277 e. The molecule has 0 aliphatic rings. The molecule has 0 unspecified atom stereocenters. The van der Waals surface area contributed by atoms with Crippen LogP contribution in [0.2, 0.25) is 0 Å². The molecule has 0 saturated carbocycles. The van der Waals surface area contributed by atoms with Crippen LogP contribution in [-0.2, 0) is 5.75 Å². The molecule has 3 heterocycles. The highest BCUT2D eigenvalue weighted by atomic mass is 32.2. The lowest BCUT2D eigenvalue weighted by Crippen LogP contribution is -1.87. The smallest absolute Gasteiger partial charge is 0.277 e. The highest BCUT2D eigenvalue weighted by Gasteiger charge is 2.15. The Bertz CT molecular complexity index is 1080. The summed E-state index contributed by atoms with van der Waals surface area (Å²) in [7, 11) is 0. The molecular weight excluding hydrogens is 408 g/mol. The van der Waals surface area contributed by atoms with Gasteiger partial charge in [0.1, 0.15) is 9.88 Å². The second kappa shape index (κ2) is 8.14. The van der Waals surface area contributed by atoms with Gasteiger partial charge in [-0.2, -0.15) is 0 Å². The molecule has 0 amide bonds. The van der Waals surface area contributed by atoms with E-state index in [0.717, 1.165) is 31.8 Å². The van der Waals surface area contributed by atoms with E-state index in [1.807, 2.05) is 13.8 Å². The van der Waals surface area contributed by atoms with Crippen LogP contribution >= 0.6 is 34.4 Å². The van der Waals surface area contributed by atoms with Gasteiger partial charge in [-0.3, -0.25) is 0 Å². The van der Waals surface area contributed by atoms with E-state index in [2.05, 4.69) is 58.7 Å². The molecule has 0 atom stereocenters. The predicted molar refractivity (Wildman–Crippen MR) is 116 cm³/mol. The first-order valence-electron chi connectivity index (χ1n) is 8.95. The van der Waals surface area contributed by atoms with Crippen molar-refractivity contribution < 1.29 is 4.42 Å². The Hall–Kier alpha value is -2.03. The number of hydrogen-bond acceptors (Lipinski definition) is 8. The molecule has 5 nitrogen and oxygen atoms in total. The lowest BCUT2D eigenvalue weighted by atomic mass is 10.0. The van der Waals surface area contributed by atoms with Crippen molar-refractivity contribution in [1.82, 2.24) is 20.2 Å². The lowest BCUT2D eigenvalue weighted by molar-refractivity contribution is 0.466. The minimum Gasteiger partial charge on any atom is -0.410 e. The second-order valence-electron chi connectivity index (χ2n) is 6.73. The van der Waals surface area contributed by atoms with Crippen molar-refractivity contribution >= 4 is 34.4 Å². The number of rotatable bonds is 6. The van der Waals surface area contributed by atoms with E-state index in [1.54, 1.807) is 22.7 Å². The van der Waals surface area contributed by atoms with Crippen LogP contribution in [0, 0.1) is 13.8 Å². The van der Waals surface area contributed by atoms with Gasteiger partial charge in [0.15, 0.2) is 0 Å². The minimum absolute atomic E-state index is 0.536. The van der Waals surface area contributed by atoms with E-state index in [4.69, 9.17) is 9.40 Å². The second-order valence-corrected chi connectivity index (χ2v) is 9.72. The first kappa shape index (κ1) is 19.3. The number of benzene rings is 1. The Kier molecular flexibility index (Phi) is 5.61. The van der Waals surface area contributed by atoms with E-state index < -0.39 is 0 Å². The first-order valence-corrected chi connectivity index (χ1v) is 11.6. The van der Waals surface area contributed by atoms with Crippen LogP contribution in [0.4, 0.5) is 0 Å². The zero-order valence-electron chi connectivity index (χ0n) is 16.1. The lowest BCUT2D eigenvalue weighted by Gasteiger charge is -2.05. The molecule has 0 radical (unpaired) electrons. The molecule has 3 aromatic heterocycles. The van der Waals surface area contributed by atoms with Gasteiger partial charge in [-0.25, -0.2) is 9.97 Å². The third kappa shape index (κ3) is 4.19. The molecule has 0 N–H and O–H groups in total. The van der Waals surface area contributed by atoms with Gasteiger partial charge in [0.25, 0.3) is 11.1 Å². The van der Waals surface area contributed by atoms with Gasteiger partial charge in [-0.05, 0) is 25.3 Å². The standard InChI is InChI=1S/C20H20N4OS3/c1-11(2)14-5-7-15(8-6-14)19-22-16(9-26-19)10-27-20-24-23-18(25-20)17-12(3)21-13(4)28-17/h5-9,11H,10H2,1-4H3. The fourth-order valence-corrected chi connectivity index (χ4v) is 5.17. The van der Waals surface area contributed by atoms with E-state index in [0.29, 0.717) is 22.8 Å². The van der Waals surface area contributed by atoms with Crippen LogP contribution in [-0.4, -0.2) is 20.2 Å². The van der Waals surface area contributed by atoms with Gasteiger partial charge < -0.3 is 4.42 Å². The van der Waals surface area contributed by atoms with E-state index >= 15 is 0 Å². The molecule has 8 heteroatoms. The van der Waals surface area contributed by atoms with Gasteiger partial charge in [0.2, 0.25) is 0 Å². The quantitative estimate of drug-likeness (QED) is 0.333. The molecule has 0 aliphatic heterocycles. The van der Waals surface area contributed by atoms with Crippen molar-refractivity contribution in [3.8, 4) is 21.3 Å². The van der Waals surface area contributed by atoms with Gasteiger partial charge in [0, 0.05) is 16.7 Å². The van der Waals surface area contributed by atoms with Crippen LogP contribution < -0.4 is 0 Å². The number of thioether (sulfide) groups is 1. The molecule has 0 aliphatic carbocycles. The summed E-state index contributed by atoms with van der Waals surface area (Å²) in [5.74, 6) is 1.77. The fraction of sp³-hybridized carbons (Fsp3) is 0.300. The summed E-state index contributed by atoms with van der Waals surface area (Å²) in [4.78, 5) is 10.1. The van der Waals surface area contributed by atoms with Crippen molar-refractivity contribution in [2.45, 2.75) is 44.6 Å². The largest absolute Gasteiger partial charge is 0.410 e. The molecule has 0 spiro atoms. The van der Waals surface area contributed by atoms with Crippen LogP contribution in [0.1, 0.15) is 41.7 Å². The fourth-order valence-electron chi connectivity index (χ4n) is 2.74. The first-order chi connectivity index (χ1) is 13.5. The molecule has 4 aromatic rings. The van der Waals surface area contributed by atoms with Crippen LogP contribution in [0.3, 0.4) is 0 Å². The Morgan fingerprint density at radius 3 is 2.54 bits per heavy atom. The van der Waals surface area contributed by atoms with Crippen LogP contribution in [0.5, 0.6) is 0 Å². The van der Waals surface area contributed by atoms with E-state index in [9.17, 15) is 0 Å². The van der Waals surface area contributed by atoms with Crippen molar-refractivity contribution in [3.63, 3.8) is 0 Å². The zero-order valence-corrected chi connectivity index (χ0v) is 18.5. The summed E-state index contributed by atoms with van der Waals surface area (Å²) < 4.78 is 5.80. The molecule has 144 valence electrons. The summed E-state index contributed by atoms with van der Waals surface area (Å²) >= 11 is 4.74. The molecule has 0 bridgehead atoms. The molecule has 4 rings (SSSR count). The van der Waals surface area contributed by atoms with Gasteiger partial charge in [-0.15, -0.1) is 32.9 Å². The van der Waals surface area contributed by atoms with Gasteiger partial charge >= 0.3 is 0 Å². The highest BCUT2D eigenvalue weighted by molar-refractivity contribution is 7.98. The van der Waals surface area contributed by atoms with Crippen molar-refractivity contribution in [1.29, 1.82) is 0 Å². The number of nitrogens with zero attached hydrogens (tertiary/aromatic N) is 4. The van der Waals surface area contributed by atoms with Crippen molar-refractivity contribution in [3.05, 3.63) is 51.6 Å². The molecule has 0 saturated heterocycles. The number of hydrogen-bond donors (Lipinski definition) is 0. The Balaban J connectivity index is 1.42. The van der Waals surface area contributed by atoms with Gasteiger partial charge in [-0.1, -0.05) is 49.9 Å². The Morgan fingerprint density at radius 2 is 1.86 bits per heavy atom. The summed E-state index contributed by atoms with van der Waals surface area (Å²) in [6.45, 7) is 8.34. The van der Waals surface area contributed by atoms with Crippen LogP contribution in [0.25, 0.3) is 21.3 Å². The SMILES string of the molecule is Cc1nc(C)c(-c2nnc(SCc3csc(-c4ccc(C(C)C)cc4)n3)o2)s1.